The van der Waals surface area contributed by atoms with Crippen molar-refractivity contribution in [1.82, 2.24) is 0 Å². The summed E-state index contributed by atoms with van der Waals surface area (Å²) in [6.07, 6.45) is 0.832. The van der Waals surface area contributed by atoms with Crippen LogP contribution in [0, 0.1) is 11.3 Å². The predicted octanol–water partition coefficient (Wildman–Crippen LogP) is 1.27. The number of rotatable bonds is 1. The van der Waals surface area contributed by atoms with Crippen LogP contribution in [-0.4, -0.2) is 47.9 Å². The topological polar surface area (TPSA) is 98.4 Å². The summed E-state index contributed by atoms with van der Waals surface area (Å²) in [4.78, 5) is 12.9. The lowest BCUT2D eigenvalue weighted by molar-refractivity contribution is -0.381. The second-order valence-corrected chi connectivity index (χ2v) is 8.46. The van der Waals surface area contributed by atoms with Crippen LogP contribution in [0.15, 0.2) is 22.8 Å². The zero-order valence-electron chi connectivity index (χ0n) is 15.0. The lowest BCUT2D eigenvalue weighted by Gasteiger charge is -2.64. The summed E-state index contributed by atoms with van der Waals surface area (Å²) in [7, 11) is 1.61. The van der Waals surface area contributed by atoms with Crippen molar-refractivity contribution < 1.29 is 33.6 Å². The van der Waals surface area contributed by atoms with Crippen LogP contribution in [-0.2, 0) is 26.1 Å². The average Bonchev–Trinajstić information content (AvgIpc) is 3.23. The van der Waals surface area contributed by atoms with Crippen LogP contribution in [0.2, 0.25) is 0 Å². The Labute approximate surface area is 154 Å². The molecule has 1 saturated carbocycles. The first-order valence-corrected chi connectivity index (χ1v) is 9.20. The second-order valence-electron chi connectivity index (χ2n) is 8.46. The second kappa shape index (κ2) is 4.48. The maximum atomic E-state index is 12.9. The Morgan fingerprint density at radius 2 is 2.19 bits per heavy atom. The molecule has 1 aromatic heterocycles. The molecule has 2 bridgehead atoms. The first-order valence-electron chi connectivity index (χ1n) is 9.20. The fourth-order valence-corrected chi connectivity index (χ4v) is 6.38. The van der Waals surface area contributed by atoms with Crippen molar-refractivity contribution in [1.29, 1.82) is 0 Å². The molecule has 27 heavy (non-hydrogen) atoms. The molecule has 2 aromatic rings. The van der Waals surface area contributed by atoms with Gasteiger partial charge in [0, 0.05) is 23.3 Å². The Balaban J connectivity index is 1.70. The van der Waals surface area contributed by atoms with E-state index >= 15 is 0 Å². The summed E-state index contributed by atoms with van der Waals surface area (Å²) in [6.45, 7) is 1.86. The highest BCUT2D eigenvalue weighted by Gasteiger charge is 2.80. The Kier molecular flexibility index (Phi) is 2.64. The molecule has 7 heteroatoms. The number of benzene rings is 1. The predicted molar refractivity (Wildman–Crippen MR) is 91.2 cm³/mol. The smallest absolute Gasteiger partial charge is 0.318 e. The van der Waals surface area contributed by atoms with E-state index in [1.54, 1.807) is 20.3 Å². The van der Waals surface area contributed by atoms with Crippen LogP contribution < -0.4 is 4.74 Å². The standard InChI is InChI=1S/C20H20O7/c1-18-16-13(27-17(18)22)5-10-11(6-12(24-2)9-3-4-25-15(9)10)19(16)7-14(21)20(18,23)26-8-19/h3-4,6,13-14,16,21,23H,5,7-8H2,1-2H3/t13-,14+,16-,18+,19+,20+/m1/s1. The molecule has 6 atom stereocenters. The summed E-state index contributed by atoms with van der Waals surface area (Å²) >= 11 is 0. The fraction of sp³-hybridized carbons (Fsp3) is 0.550. The van der Waals surface area contributed by atoms with Gasteiger partial charge in [0.05, 0.1) is 25.4 Å². The number of esters is 1. The van der Waals surface area contributed by atoms with Gasteiger partial charge in [0.2, 0.25) is 5.79 Å². The van der Waals surface area contributed by atoms with Gasteiger partial charge in [0.15, 0.2) is 0 Å². The number of aliphatic hydroxyl groups excluding tert-OH is 1. The summed E-state index contributed by atoms with van der Waals surface area (Å²) < 4.78 is 22.9. The molecule has 3 saturated heterocycles. The monoisotopic (exact) mass is 372 g/mol. The van der Waals surface area contributed by atoms with Crippen molar-refractivity contribution in [3.8, 4) is 5.75 Å². The molecule has 0 amide bonds. The van der Waals surface area contributed by atoms with E-state index in [0.717, 1.165) is 16.5 Å². The first-order chi connectivity index (χ1) is 12.9. The molecule has 1 aromatic carbocycles. The Bertz CT molecular complexity index is 1010. The number of hydrogen-bond acceptors (Lipinski definition) is 7. The fourth-order valence-electron chi connectivity index (χ4n) is 6.38. The van der Waals surface area contributed by atoms with Crippen molar-refractivity contribution in [3.63, 3.8) is 0 Å². The molecule has 142 valence electrons. The summed E-state index contributed by atoms with van der Waals surface area (Å²) in [5, 5.41) is 22.8. The molecular formula is C20H20O7. The zero-order chi connectivity index (χ0) is 18.8. The highest BCUT2D eigenvalue weighted by Crippen LogP contribution is 2.68. The van der Waals surface area contributed by atoms with Crippen LogP contribution in [0.3, 0.4) is 0 Å². The Hall–Kier alpha value is -2.09. The minimum absolute atomic E-state index is 0.205. The minimum atomic E-state index is -1.93. The van der Waals surface area contributed by atoms with Crippen molar-refractivity contribution in [2.75, 3.05) is 13.7 Å². The lowest BCUT2D eigenvalue weighted by atomic mass is 9.45. The third kappa shape index (κ3) is 1.45. The van der Waals surface area contributed by atoms with Gasteiger partial charge in [-0.2, -0.15) is 0 Å². The average molecular weight is 372 g/mol. The molecule has 3 aliphatic heterocycles. The van der Waals surface area contributed by atoms with Crippen LogP contribution in [0.25, 0.3) is 11.0 Å². The molecular weight excluding hydrogens is 352 g/mol. The SMILES string of the molecule is COc1cc2c(c3occc13)C[C@H]1OC(=O)[C@]3(C)[C@@H]1[C@@]21CO[C@@]3(O)[C@@H](O)C1. The van der Waals surface area contributed by atoms with Crippen LogP contribution >= 0.6 is 0 Å². The van der Waals surface area contributed by atoms with Gasteiger partial charge in [-0.05, 0) is 31.0 Å². The maximum Gasteiger partial charge on any atom is 0.318 e. The third-order valence-electron chi connectivity index (χ3n) is 7.54. The van der Waals surface area contributed by atoms with Crippen LogP contribution in [0.1, 0.15) is 24.5 Å². The van der Waals surface area contributed by atoms with E-state index in [1.807, 2.05) is 12.1 Å². The van der Waals surface area contributed by atoms with Crippen molar-refractivity contribution in [2.24, 2.45) is 11.3 Å². The number of fused-ring (bicyclic) bond motifs is 5. The maximum absolute atomic E-state index is 12.9. The normalized spacial score (nSPS) is 44.1. The van der Waals surface area contributed by atoms with Gasteiger partial charge in [0.1, 0.15) is 29.0 Å². The van der Waals surface area contributed by atoms with E-state index in [2.05, 4.69) is 0 Å². The number of furan rings is 1. The number of ether oxygens (including phenoxy) is 3. The van der Waals surface area contributed by atoms with Gasteiger partial charge in [-0.25, -0.2) is 0 Å². The summed E-state index contributed by atoms with van der Waals surface area (Å²) in [5.41, 5.74) is 0.641. The zero-order valence-corrected chi connectivity index (χ0v) is 15.0. The molecule has 0 radical (unpaired) electrons. The van der Waals surface area contributed by atoms with Crippen molar-refractivity contribution in [3.05, 3.63) is 29.5 Å². The van der Waals surface area contributed by atoms with Crippen molar-refractivity contribution in [2.45, 2.75) is 43.2 Å². The van der Waals surface area contributed by atoms with Gasteiger partial charge < -0.3 is 28.8 Å². The van der Waals surface area contributed by atoms with Gasteiger partial charge in [-0.1, -0.05) is 0 Å². The molecule has 5 aliphatic rings. The quantitative estimate of drug-likeness (QED) is 0.728. The largest absolute Gasteiger partial charge is 0.496 e. The first kappa shape index (κ1) is 15.9. The lowest BCUT2D eigenvalue weighted by Crippen LogP contribution is -2.76. The van der Waals surface area contributed by atoms with Crippen molar-refractivity contribution >= 4 is 16.9 Å². The summed E-state index contributed by atoms with van der Waals surface area (Å²) in [5.74, 6) is -2.05. The van der Waals surface area contributed by atoms with Gasteiger partial charge >= 0.3 is 5.97 Å². The number of carbonyl (C=O) groups is 1. The van der Waals surface area contributed by atoms with E-state index in [4.69, 9.17) is 18.6 Å². The van der Waals surface area contributed by atoms with E-state index < -0.39 is 28.7 Å². The van der Waals surface area contributed by atoms with E-state index in [-0.39, 0.29) is 18.6 Å². The Morgan fingerprint density at radius 1 is 1.37 bits per heavy atom. The molecule has 4 heterocycles. The van der Waals surface area contributed by atoms with E-state index in [9.17, 15) is 15.0 Å². The molecule has 0 unspecified atom stereocenters. The van der Waals surface area contributed by atoms with E-state index in [1.165, 1.54) is 0 Å². The molecule has 1 spiro atoms. The number of aliphatic hydroxyl groups is 2. The number of hydrogen-bond donors (Lipinski definition) is 2. The van der Waals surface area contributed by atoms with E-state index in [0.29, 0.717) is 24.2 Å². The molecule has 7 nitrogen and oxygen atoms in total. The van der Waals surface area contributed by atoms with Gasteiger partial charge in [0.25, 0.3) is 0 Å². The number of methoxy groups -OCH3 is 1. The molecule has 7 rings (SSSR count). The number of carbonyl (C=O) groups excluding carboxylic acids is 1. The minimum Gasteiger partial charge on any atom is -0.496 e. The highest BCUT2D eigenvalue weighted by molar-refractivity contribution is 5.90. The Morgan fingerprint density at radius 3 is 2.93 bits per heavy atom. The third-order valence-corrected chi connectivity index (χ3v) is 7.54. The molecule has 2 N–H and O–H groups in total. The van der Waals surface area contributed by atoms with Crippen LogP contribution in [0.4, 0.5) is 0 Å². The van der Waals surface area contributed by atoms with Gasteiger partial charge in [-0.15, -0.1) is 0 Å². The van der Waals surface area contributed by atoms with Gasteiger partial charge in [-0.3, -0.25) is 4.79 Å². The molecule has 2 aliphatic carbocycles. The highest BCUT2D eigenvalue weighted by atomic mass is 16.7. The van der Waals surface area contributed by atoms with Crippen LogP contribution in [0.5, 0.6) is 5.75 Å². The summed E-state index contributed by atoms with van der Waals surface area (Å²) in [6, 6.07) is 3.83. The molecule has 4 fully saturated rings.